The van der Waals surface area contributed by atoms with Crippen LogP contribution in [0.3, 0.4) is 0 Å². The van der Waals surface area contributed by atoms with Crippen molar-refractivity contribution in [2.24, 2.45) is 0 Å². The van der Waals surface area contributed by atoms with Crippen LogP contribution < -0.4 is 0 Å². The second-order valence-electron chi connectivity index (χ2n) is 6.08. The summed E-state index contributed by atoms with van der Waals surface area (Å²) in [4.78, 5) is 0. The number of phenols is 1. The monoisotopic (exact) mass is 342 g/mol. The van der Waals surface area contributed by atoms with E-state index in [4.69, 9.17) is 30.3 Å². The molecule has 0 spiro atoms. The molecule has 1 aromatic carbocycles. The third-order valence-corrected chi connectivity index (χ3v) is 4.01. The number of aliphatic hydroxyl groups excluding tert-OH is 2. The highest BCUT2D eigenvalue weighted by molar-refractivity contribution is 5.28. The number of benzene rings is 1. The topological polar surface area (TPSA) is 110 Å². The van der Waals surface area contributed by atoms with Gasteiger partial charge in [0, 0.05) is 12.8 Å². The van der Waals surface area contributed by atoms with Gasteiger partial charge in [0.25, 0.3) is 0 Å². The van der Waals surface area contributed by atoms with Crippen molar-refractivity contribution in [2.75, 3.05) is 13.2 Å². The van der Waals surface area contributed by atoms with Crippen LogP contribution in [0, 0.1) is 0 Å². The molecule has 0 unspecified atom stereocenters. The van der Waals surface area contributed by atoms with Crippen LogP contribution in [0.25, 0.3) is 0 Å². The maximum Gasteiger partial charge on any atom is 0.153 e. The molecule has 0 aromatic heterocycles. The molecule has 0 radical (unpaired) electrons. The molecule has 24 heavy (non-hydrogen) atoms. The van der Waals surface area contributed by atoms with E-state index in [9.17, 15) is 0 Å². The lowest BCUT2D eigenvalue weighted by Gasteiger charge is -2.21. The van der Waals surface area contributed by atoms with Crippen LogP contribution in [0.4, 0.5) is 0 Å². The zero-order valence-electron chi connectivity index (χ0n) is 14.0. The molecule has 0 heterocycles. The molecule has 6 nitrogen and oxygen atoms in total. The van der Waals surface area contributed by atoms with Crippen LogP contribution in [0.15, 0.2) is 24.3 Å². The first-order chi connectivity index (χ1) is 11.5. The van der Waals surface area contributed by atoms with Gasteiger partial charge in [-0.1, -0.05) is 31.4 Å². The third kappa shape index (κ3) is 9.85. The maximum atomic E-state index is 9.16. The van der Waals surface area contributed by atoms with Crippen molar-refractivity contribution in [3.8, 4) is 5.75 Å². The molecular weight excluding hydrogens is 312 g/mol. The minimum atomic E-state index is -1.35. The molecule has 138 valence electrons. The van der Waals surface area contributed by atoms with Gasteiger partial charge in [-0.15, -0.1) is 0 Å². The predicted molar refractivity (Wildman–Crippen MR) is 90.4 cm³/mol. The van der Waals surface area contributed by atoms with Crippen LogP contribution in [-0.2, 0) is 4.74 Å². The Balaban J connectivity index is 0.000000245. The van der Waals surface area contributed by atoms with Gasteiger partial charge in [-0.3, -0.25) is 0 Å². The van der Waals surface area contributed by atoms with Crippen molar-refractivity contribution < 1.29 is 30.3 Å². The average molecular weight is 342 g/mol. The van der Waals surface area contributed by atoms with Gasteiger partial charge in [0.15, 0.2) is 12.6 Å². The molecule has 0 saturated heterocycles. The highest BCUT2D eigenvalue weighted by Gasteiger charge is 2.14. The molecule has 0 aliphatic heterocycles. The molecule has 1 aliphatic carbocycles. The van der Waals surface area contributed by atoms with E-state index in [1.54, 1.807) is 12.1 Å². The summed E-state index contributed by atoms with van der Waals surface area (Å²) in [6.07, 6.45) is 4.35. The molecule has 0 bridgehead atoms. The number of aromatic hydroxyl groups is 1. The number of ether oxygens (including phenoxy) is 1. The Bertz CT molecular complexity index is 402. The fourth-order valence-electron chi connectivity index (χ4n) is 2.66. The van der Waals surface area contributed by atoms with Crippen LogP contribution in [0.1, 0.15) is 56.4 Å². The Labute approximate surface area is 143 Å². The predicted octanol–water partition coefficient (Wildman–Crippen LogP) is 1.84. The van der Waals surface area contributed by atoms with E-state index in [1.807, 2.05) is 0 Å². The van der Waals surface area contributed by atoms with Crippen LogP contribution in [0.2, 0.25) is 0 Å². The van der Waals surface area contributed by atoms with E-state index in [0.717, 1.165) is 5.92 Å². The van der Waals surface area contributed by atoms with Gasteiger partial charge in [0.2, 0.25) is 0 Å². The highest BCUT2D eigenvalue weighted by atomic mass is 16.5. The molecule has 0 amide bonds. The molecule has 1 aromatic rings. The second kappa shape index (κ2) is 12.2. The van der Waals surface area contributed by atoms with Crippen molar-refractivity contribution in [3.05, 3.63) is 29.8 Å². The Hall–Kier alpha value is -1.18. The number of rotatable bonds is 7. The summed E-state index contributed by atoms with van der Waals surface area (Å²) < 4.78 is 4.82. The van der Waals surface area contributed by atoms with Gasteiger partial charge < -0.3 is 30.3 Å². The summed E-state index contributed by atoms with van der Waals surface area (Å²) in [6, 6.07) is 7.71. The van der Waals surface area contributed by atoms with Gasteiger partial charge in [-0.25, -0.2) is 0 Å². The zero-order chi connectivity index (χ0) is 17.8. The normalized spacial score (nSPS) is 15.4. The molecule has 2 rings (SSSR count). The van der Waals surface area contributed by atoms with E-state index in [-0.39, 0.29) is 26.1 Å². The Kier molecular flexibility index (Phi) is 10.6. The average Bonchev–Trinajstić information content (AvgIpc) is 2.56. The molecule has 6 heteroatoms. The second-order valence-corrected chi connectivity index (χ2v) is 6.08. The van der Waals surface area contributed by atoms with Gasteiger partial charge >= 0.3 is 0 Å². The third-order valence-electron chi connectivity index (χ3n) is 4.01. The summed E-state index contributed by atoms with van der Waals surface area (Å²) in [5.41, 5.74) is 1.40. The van der Waals surface area contributed by atoms with Gasteiger partial charge in [0.05, 0.1) is 13.2 Å². The fraction of sp³-hybridized carbons (Fsp3) is 0.667. The van der Waals surface area contributed by atoms with Crippen molar-refractivity contribution >= 4 is 0 Å². The van der Waals surface area contributed by atoms with E-state index in [0.29, 0.717) is 5.75 Å². The number of hydrogen-bond acceptors (Lipinski definition) is 6. The first kappa shape index (κ1) is 20.9. The van der Waals surface area contributed by atoms with E-state index < -0.39 is 12.6 Å². The van der Waals surface area contributed by atoms with Crippen molar-refractivity contribution in [3.63, 3.8) is 0 Å². The quantitative estimate of drug-likeness (QED) is 0.382. The molecule has 1 aliphatic rings. The lowest BCUT2D eigenvalue weighted by Crippen LogP contribution is -2.12. The summed E-state index contributed by atoms with van der Waals surface area (Å²) in [5.74, 6) is 1.12. The number of phenolic OH excluding ortho intramolecular Hbond substituents is 1. The first-order valence-electron chi connectivity index (χ1n) is 8.58. The summed E-state index contributed by atoms with van der Waals surface area (Å²) >= 11 is 0. The fourth-order valence-corrected chi connectivity index (χ4v) is 2.66. The largest absolute Gasteiger partial charge is 0.508 e. The molecule has 5 N–H and O–H groups in total. The summed E-state index contributed by atoms with van der Waals surface area (Å²) in [6.45, 7) is 0.425. The SMILES string of the molecule is OC(O)CCOCCC(O)O.Oc1ccc(C2CCCCC2)cc1. The first-order valence-corrected chi connectivity index (χ1v) is 8.58. The standard InChI is InChI=1S/C12H16O.C6H14O5/c13-12-8-6-11(7-9-12)10-4-2-1-3-5-10;7-5(8)1-3-11-4-2-6(9)10/h6-10,13H,1-5H2;5-10H,1-4H2. The maximum absolute atomic E-state index is 9.16. The van der Waals surface area contributed by atoms with Crippen LogP contribution >= 0.6 is 0 Å². The van der Waals surface area contributed by atoms with Crippen molar-refractivity contribution in [2.45, 2.75) is 63.4 Å². The van der Waals surface area contributed by atoms with Crippen molar-refractivity contribution in [1.82, 2.24) is 0 Å². The van der Waals surface area contributed by atoms with E-state index in [2.05, 4.69) is 12.1 Å². The smallest absolute Gasteiger partial charge is 0.153 e. The van der Waals surface area contributed by atoms with E-state index in [1.165, 1.54) is 37.7 Å². The summed E-state index contributed by atoms with van der Waals surface area (Å²) in [7, 11) is 0. The number of aliphatic hydroxyl groups is 4. The minimum Gasteiger partial charge on any atom is -0.508 e. The lowest BCUT2D eigenvalue weighted by atomic mass is 9.84. The molecular formula is C18H30O6. The Morgan fingerprint density at radius 1 is 0.833 bits per heavy atom. The zero-order valence-corrected chi connectivity index (χ0v) is 14.0. The summed E-state index contributed by atoms with van der Waals surface area (Å²) in [5, 5.41) is 42.5. The van der Waals surface area contributed by atoms with Crippen LogP contribution in [-0.4, -0.2) is 51.3 Å². The molecule has 1 saturated carbocycles. The van der Waals surface area contributed by atoms with Crippen LogP contribution in [0.5, 0.6) is 5.75 Å². The Morgan fingerprint density at radius 2 is 1.33 bits per heavy atom. The van der Waals surface area contributed by atoms with Gasteiger partial charge in [-0.2, -0.15) is 0 Å². The Morgan fingerprint density at radius 3 is 1.79 bits per heavy atom. The highest BCUT2D eigenvalue weighted by Crippen LogP contribution is 2.32. The number of hydrogen-bond donors (Lipinski definition) is 5. The minimum absolute atomic E-state index is 0.140. The van der Waals surface area contributed by atoms with E-state index >= 15 is 0 Å². The van der Waals surface area contributed by atoms with Crippen molar-refractivity contribution in [1.29, 1.82) is 0 Å². The molecule has 1 fully saturated rings. The van der Waals surface area contributed by atoms with Gasteiger partial charge in [0.1, 0.15) is 5.75 Å². The van der Waals surface area contributed by atoms with Gasteiger partial charge in [-0.05, 0) is 36.5 Å². The molecule has 0 atom stereocenters. The lowest BCUT2D eigenvalue weighted by molar-refractivity contribution is -0.0769.